The third-order valence-corrected chi connectivity index (χ3v) is 4.45. The quantitative estimate of drug-likeness (QED) is 0.850. The van der Waals surface area contributed by atoms with Crippen LogP contribution in [-0.4, -0.2) is 23.1 Å². The highest BCUT2D eigenvalue weighted by Gasteiger charge is 2.24. The molecule has 0 atom stereocenters. The first-order valence-electron chi connectivity index (χ1n) is 7.92. The van der Waals surface area contributed by atoms with Gasteiger partial charge in [0.1, 0.15) is 0 Å². The normalized spacial score (nSPS) is 18.7. The maximum Gasteiger partial charge on any atom is 0.226 e. The van der Waals surface area contributed by atoms with Crippen molar-refractivity contribution >= 4 is 17.5 Å². The molecule has 3 nitrogen and oxygen atoms in total. The second kappa shape index (κ2) is 6.48. The van der Waals surface area contributed by atoms with Crippen LogP contribution in [0.2, 0.25) is 5.02 Å². The number of hydrogen-bond acceptors (Lipinski definition) is 3. The monoisotopic (exact) mass is 322 g/mol. The lowest BCUT2D eigenvalue weighted by molar-refractivity contribution is 0.888. The highest BCUT2D eigenvalue weighted by molar-refractivity contribution is 6.30. The van der Waals surface area contributed by atoms with Crippen LogP contribution in [0.4, 0.5) is 5.95 Å². The topological polar surface area (TPSA) is 29.0 Å². The molecule has 4 rings (SSSR count). The molecule has 1 aromatic heterocycles. The summed E-state index contributed by atoms with van der Waals surface area (Å²) in [6.07, 6.45) is 10.7. The number of nitrogens with zero attached hydrogens (tertiary/aromatic N) is 3. The molecule has 23 heavy (non-hydrogen) atoms. The summed E-state index contributed by atoms with van der Waals surface area (Å²) >= 11 is 6.01. The Labute approximate surface area is 142 Å². The van der Waals surface area contributed by atoms with Gasteiger partial charge in [0, 0.05) is 29.6 Å². The van der Waals surface area contributed by atoms with Crippen LogP contribution < -0.4 is 4.90 Å². The van der Waals surface area contributed by atoms with Crippen molar-refractivity contribution in [3.05, 3.63) is 72.6 Å². The third-order valence-electron chi connectivity index (χ3n) is 4.20. The molecule has 1 aliphatic carbocycles. The average molecular weight is 323 g/mol. The van der Waals surface area contributed by atoms with Gasteiger partial charge in [0.2, 0.25) is 5.95 Å². The van der Waals surface area contributed by atoms with Gasteiger partial charge in [0.05, 0.1) is 11.4 Å². The van der Waals surface area contributed by atoms with Gasteiger partial charge in [-0.15, -0.1) is 0 Å². The Morgan fingerprint density at radius 1 is 0.870 bits per heavy atom. The van der Waals surface area contributed by atoms with Crippen LogP contribution in [0, 0.1) is 31.6 Å². The van der Waals surface area contributed by atoms with Crippen molar-refractivity contribution in [2.75, 3.05) is 18.0 Å². The van der Waals surface area contributed by atoms with E-state index in [4.69, 9.17) is 21.6 Å². The second-order valence-corrected chi connectivity index (χ2v) is 6.25. The smallest absolute Gasteiger partial charge is 0.226 e. The van der Waals surface area contributed by atoms with Crippen molar-refractivity contribution in [2.45, 2.75) is 12.8 Å². The molecule has 0 amide bonds. The van der Waals surface area contributed by atoms with Crippen LogP contribution in [0.5, 0.6) is 0 Å². The number of hydrogen-bond donors (Lipinski definition) is 0. The van der Waals surface area contributed by atoms with E-state index in [9.17, 15) is 0 Å². The summed E-state index contributed by atoms with van der Waals surface area (Å²) in [5, 5.41) is 0.735. The van der Waals surface area contributed by atoms with Crippen molar-refractivity contribution < 1.29 is 0 Å². The molecule has 0 spiro atoms. The molecule has 2 heterocycles. The van der Waals surface area contributed by atoms with Crippen LogP contribution in [-0.2, 0) is 0 Å². The van der Waals surface area contributed by atoms with Crippen LogP contribution in [0.1, 0.15) is 18.5 Å². The summed E-state index contributed by atoms with van der Waals surface area (Å²) in [7, 11) is 0. The minimum absolute atomic E-state index is 0.735. The molecule has 4 heteroatoms. The number of benzene rings is 1. The highest BCUT2D eigenvalue weighted by Crippen LogP contribution is 2.32. The fraction of sp³-hybridized carbons (Fsp3) is 0.211. The van der Waals surface area contributed by atoms with E-state index < -0.39 is 0 Å². The molecule has 0 N–H and O–H groups in total. The van der Waals surface area contributed by atoms with E-state index in [1.54, 1.807) is 0 Å². The Balaban J connectivity index is 1.75. The number of anilines is 1. The minimum atomic E-state index is 0.735. The lowest BCUT2D eigenvalue weighted by atomic mass is 10.0. The summed E-state index contributed by atoms with van der Waals surface area (Å²) < 4.78 is 0. The maximum absolute atomic E-state index is 6.01. The highest BCUT2D eigenvalue weighted by atomic mass is 35.5. The molecule has 2 aromatic rings. The van der Waals surface area contributed by atoms with Gasteiger partial charge in [-0.25, -0.2) is 9.97 Å². The molecule has 2 fully saturated rings. The van der Waals surface area contributed by atoms with Gasteiger partial charge >= 0.3 is 0 Å². The SMILES string of the molecule is Clc1ccc(-c2cc([C]3[CH][CH][CH][CH]3)nc(N3CCCC3)n2)cc1. The van der Waals surface area contributed by atoms with Crippen LogP contribution in [0.3, 0.4) is 0 Å². The van der Waals surface area contributed by atoms with E-state index in [0.717, 1.165) is 46.9 Å². The van der Waals surface area contributed by atoms with Crippen molar-refractivity contribution in [3.63, 3.8) is 0 Å². The summed E-state index contributed by atoms with van der Waals surface area (Å²) in [5.41, 5.74) is 2.97. The lowest BCUT2D eigenvalue weighted by Gasteiger charge is -2.19. The maximum atomic E-state index is 6.01. The van der Waals surface area contributed by atoms with Crippen molar-refractivity contribution in [1.29, 1.82) is 0 Å². The molecule has 115 valence electrons. The summed E-state index contributed by atoms with van der Waals surface area (Å²) in [5.74, 6) is 1.95. The van der Waals surface area contributed by atoms with Crippen LogP contribution in [0.15, 0.2) is 30.3 Å². The van der Waals surface area contributed by atoms with Crippen LogP contribution >= 0.6 is 11.6 Å². The molecule has 2 aliphatic rings. The van der Waals surface area contributed by atoms with Gasteiger partial charge in [0.25, 0.3) is 0 Å². The molecular formula is C19H17ClN3. The van der Waals surface area contributed by atoms with Crippen LogP contribution in [0.25, 0.3) is 11.3 Å². The average Bonchev–Trinajstić information content (AvgIpc) is 3.29. The van der Waals surface area contributed by atoms with Gasteiger partial charge in [0.15, 0.2) is 0 Å². The zero-order chi connectivity index (χ0) is 15.6. The van der Waals surface area contributed by atoms with Gasteiger partial charge in [-0.05, 0) is 56.7 Å². The Bertz CT molecular complexity index is 637. The molecule has 1 aliphatic heterocycles. The molecule has 0 bridgehead atoms. The summed E-state index contributed by atoms with van der Waals surface area (Å²) in [6, 6.07) is 9.87. The Morgan fingerprint density at radius 3 is 2.22 bits per heavy atom. The first-order chi connectivity index (χ1) is 11.3. The molecular weight excluding hydrogens is 306 g/mol. The van der Waals surface area contributed by atoms with E-state index in [2.05, 4.69) is 23.8 Å². The summed E-state index contributed by atoms with van der Waals surface area (Å²) in [6.45, 7) is 2.06. The largest absolute Gasteiger partial charge is 0.341 e. The van der Waals surface area contributed by atoms with E-state index >= 15 is 0 Å². The second-order valence-electron chi connectivity index (χ2n) is 5.81. The van der Waals surface area contributed by atoms with Gasteiger partial charge in [-0.2, -0.15) is 0 Å². The zero-order valence-electron chi connectivity index (χ0n) is 12.7. The standard InChI is InChI=1S/C19H17ClN3/c20-16-9-7-15(8-10-16)18-13-17(14-5-1-2-6-14)21-19(22-18)23-11-3-4-12-23/h1-2,5-10,13H,3-4,11-12H2. The fourth-order valence-corrected chi connectivity index (χ4v) is 3.08. The lowest BCUT2D eigenvalue weighted by Crippen LogP contribution is -2.21. The van der Waals surface area contributed by atoms with Gasteiger partial charge in [-0.3, -0.25) is 0 Å². The first kappa shape index (κ1) is 14.9. The van der Waals surface area contributed by atoms with Crippen molar-refractivity contribution in [1.82, 2.24) is 9.97 Å². The van der Waals surface area contributed by atoms with Crippen molar-refractivity contribution in [2.24, 2.45) is 0 Å². The summed E-state index contributed by atoms with van der Waals surface area (Å²) in [4.78, 5) is 11.9. The first-order valence-corrected chi connectivity index (χ1v) is 8.29. The third kappa shape index (κ3) is 3.20. The Hall–Kier alpha value is -1.61. The van der Waals surface area contributed by atoms with E-state index in [1.165, 1.54) is 12.8 Å². The van der Waals surface area contributed by atoms with Crippen molar-refractivity contribution in [3.8, 4) is 11.3 Å². The van der Waals surface area contributed by atoms with Gasteiger partial charge < -0.3 is 4.90 Å². The minimum Gasteiger partial charge on any atom is -0.341 e. The fourth-order valence-electron chi connectivity index (χ4n) is 2.95. The van der Waals surface area contributed by atoms with E-state index in [0.29, 0.717) is 0 Å². The predicted molar refractivity (Wildman–Crippen MR) is 93.5 cm³/mol. The van der Waals surface area contributed by atoms with Gasteiger partial charge in [-0.1, -0.05) is 23.7 Å². The number of halogens is 1. The Kier molecular flexibility index (Phi) is 4.21. The molecule has 1 saturated carbocycles. The number of rotatable bonds is 3. The molecule has 5 radical (unpaired) electrons. The molecule has 1 aromatic carbocycles. The predicted octanol–water partition coefficient (Wildman–Crippen LogP) is 4.15. The zero-order valence-corrected chi connectivity index (χ0v) is 13.5. The van der Waals surface area contributed by atoms with E-state index in [1.807, 2.05) is 37.1 Å². The Morgan fingerprint density at radius 2 is 1.52 bits per heavy atom. The molecule has 1 saturated heterocycles. The molecule has 0 unspecified atom stereocenters. The van der Waals surface area contributed by atoms with E-state index in [-0.39, 0.29) is 0 Å². The number of aromatic nitrogens is 2.